The summed E-state index contributed by atoms with van der Waals surface area (Å²) in [6, 6.07) is 3.47. The van der Waals surface area contributed by atoms with E-state index < -0.39 is 0 Å². The second kappa shape index (κ2) is 4.26. The number of likely N-dealkylation sites (tertiary alicyclic amines) is 1. The van der Waals surface area contributed by atoms with Crippen molar-refractivity contribution >= 4 is 0 Å². The fraction of sp³-hybridized carbons (Fsp3) is 0.692. The van der Waals surface area contributed by atoms with Gasteiger partial charge in [-0.25, -0.2) is 4.68 Å². The Kier molecular flexibility index (Phi) is 3.08. The van der Waals surface area contributed by atoms with Crippen LogP contribution in [-0.4, -0.2) is 34.8 Å². The first-order chi connectivity index (χ1) is 7.86. The molecular formula is C13H21N3O. The Bertz CT molecular complexity index is 452. The van der Waals surface area contributed by atoms with Gasteiger partial charge in [-0.15, -0.1) is 0 Å². The van der Waals surface area contributed by atoms with Gasteiger partial charge in [0.25, 0.3) is 5.56 Å². The third-order valence-corrected chi connectivity index (χ3v) is 3.21. The van der Waals surface area contributed by atoms with Crippen molar-refractivity contribution < 1.29 is 0 Å². The molecule has 0 atom stereocenters. The minimum Gasteiger partial charge on any atom is -0.306 e. The minimum absolute atomic E-state index is 0.00699. The molecule has 4 nitrogen and oxygen atoms in total. The van der Waals surface area contributed by atoms with Gasteiger partial charge in [0.05, 0.1) is 12.2 Å². The SMILES string of the molecule is CN1CC(Cn2nc(C(C)(C)C)ccc2=O)C1. The zero-order valence-corrected chi connectivity index (χ0v) is 11.1. The highest BCUT2D eigenvalue weighted by Crippen LogP contribution is 2.19. The third kappa shape index (κ3) is 2.75. The summed E-state index contributed by atoms with van der Waals surface area (Å²) in [5, 5.41) is 4.48. The summed E-state index contributed by atoms with van der Waals surface area (Å²) < 4.78 is 1.62. The highest BCUT2D eigenvalue weighted by molar-refractivity contribution is 5.10. The second-order valence-electron chi connectivity index (χ2n) is 6.08. The molecule has 0 aromatic carbocycles. The molecule has 94 valence electrons. The molecular weight excluding hydrogens is 214 g/mol. The normalized spacial score (nSPS) is 18.1. The van der Waals surface area contributed by atoms with E-state index in [1.54, 1.807) is 10.7 Å². The quantitative estimate of drug-likeness (QED) is 0.770. The summed E-state index contributed by atoms with van der Waals surface area (Å²) in [5.41, 5.74) is 0.976. The first kappa shape index (κ1) is 12.3. The van der Waals surface area contributed by atoms with Crippen molar-refractivity contribution in [3.05, 3.63) is 28.2 Å². The number of aromatic nitrogens is 2. The van der Waals surface area contributed by atoms with Crippen molar-refractivity contribution in [2.45, 2.75) is 32.7 Å². The largest absolute Gasteiger partial charge is 0.306 e. The number of rotatable bonds is 2. The average molecular weight is 235 g/mol. The summed E-state index contributed by atoms with van der Waals surface area (Å²) in [6.45, 7) is 9.21. The molecule has 0 N–H and O–H groups in total. The first-order valence-electron chi connectivity index (χ1n) is 6.13. The molecule has 0 spiro atoms. The van der Waals surface area contributed by atoms with Gasteiger partial charge >= 0.3 is 0 Å². The van der Waals surface area contributed by atoms with Gasteiger partial charge in [-0.2, -0.15) is 5.10 Å². The smallest absolute Gasteiger partial charge is 0.266 e. The van der Waals surface area contributed by atoms with Gasteiger partial charge in [-0.05, 0) is 13.1 Å². The Morgan fingerprint density at radius 2 is 2.00 bits per heavy atom. The molecule has 0 amide bonds. The van der Waals surface area contributed by atoms with Gasteiger partial charge < -0.3 is 4.90 Å². The Balaban J connectivity index is 2.18. The van der Waals surface area contributed by atoms with Crippen LogP contribution in [0.4, 0.5) is 0 Å². The Hall–Kier alpha value is -1.16. The molecule has 4 heteroatoms. The van der Waals surface area contributed by atoms with Crippen molar-refractivity contribution in [3.8, 4) is 0 Å². The third-order valence-electron chi connectivity index (χ3n) is 3.21. The fourth-order valence-corrected chi connectivity index (χ4v) is 2.17. The van der Waals surface area contributed by atoms with E-state index in [1.807, 2.05) is 6.07 Å². The molecule has 17 heavy (non-hydrogen) atoms. The minimum atomic E-state index is -0.00808. The second-order valence-corrected chi connectivity index (χ2v) is 6.08. The van der Waals surface area contributed by atoms with Gasteiger partial charge in [0, 0.05) is 30.5 Å². The lowest BCUT2D eigenvalue weighted by molar-refractivity contribution is 0.114. The van der Waals surface area contributed by atoms with Crippen LogP contribution < -0.4 is 5.56 Å². The fourth-order valence-electron chi connectivity index (χ4n) is 2.17. The van der Waals surface area contributed by atoms with Crippen LogP contribution in [0.1, 0.15) is 26.5 Å². The maximum Gasteiger partial charge on any atom is 0.266 e. The van der Waals surface area contributed by atoms with Gasteiger partial charge in [-0.1, -0.05) is 20.8 Å². The summed E-state index contributed by atoms with van der Waals surface area (Å²) in [4.78, 5) is 14.0. The molecule has 0 bridgehead atoms. The lowest BCUT2D eigenvalue weighted by Gasteiger charge is -2.36. The Morgan fingerprint density at radius 3 is 2.53 bits per heavy atom. The van der Waals surface area contributed by atoms with Crippen LogP contribution in [0.15, 0.2) is 16.9 Å². The number of nitrogens with zero attached hydrogens (tertiary/aromatic N) is 3. The van der Waals surface area contributed by atoms with Crippen LogP contribution in [0.2, 0.25) is 0 Å². The summed E-state index contributed by atoms with van der Waals surface area (Å²) in [6.07, 6.45) is 0. The van der Waals surface area contributed by atoms with E-state index in [-0.39, 0.29) is 11.0 Å². The average Bonchev–Trinajstić information content (AvgIpc) is 2.17. The maximum absolute atomic E-state index is 11.7. The molecule has 2 rings (SSSR count). The summed E-state index contributed by atoms with van der Waals surface area (Å²) >= 11 is 0. The van der Waals surface area contributed by atoms with E-state index in [2.05, 4.69) is 37.8 Å². The molecule has 1 aliphatic rings. The predicted molar refractivity (Wildman–Crippen MR) is 68.2 cm³/mol. The molecule has 0 aliphatic carbocycles. The van der Waals surface area contributed by atoms with E-state index in [1.165, 1.54) is 0 Å². The van der Waals surface area contributed by atoms with Crippen LogP contribution in [0.3, 0.4) is 0 Å². The van der Waals surface area contributed by atoms with E-state index in [4.69, 9.17) is 0 Å². The molecule has 1 aliphatic heterocycles. The highest BCUT2D eigenvalue weighted by Gasteiger charge is 2.24. The van der Waals surface area contributed by atoms with Gasteiger partial charge in [0.15, 0.2) is 0 Å². The maximum atomic E-state index is 11.7. The Morgan fingerprint density at radius 1 is 1.35 bits per heavy atom. The molecule has 1 saturated heterocycles. The van der Waals surface area contributed by atoms with Crippen LogP contribution >= 0.6 is 0 Å². The van der Waals surface area contributed by atoms with Gasteiger partial charge in [0.1, 0.15) is 0 Å². The predicted octanol–water partition coefficient (Wildman–Crippen LogP) is 1.10. The lowest BCUT2D eigenvalue weighted by atomic mass is 9.92. The molecule has 1 aromatic heterocycles. The van der Waals surface area contributed by atoms with Crippen LogP contribution in [0.25, 0.3) is 0 Å². The van der Waals surface area contributed by atoms with Gasteiger partial charge in [-0.3, -0.25) is 4.79 Å². The van der Waals surface area contributed by atoms with E-state index >= 15 is 0 Å². The van der Waals surface area contributed by atoms with E-state index in [0.717, 1.165) is 25.3 Å². The van der Waals surface area contributed by atoms with Crippen molar-refractivity contribution in [2.24, 2.45) is 5.92 Å². The van der Waals surface area contributed by atoms with Crippen LogP contribution in [0.5, 0.6) is 0 Å². The van der Waals surface area contributed by atoms with Crippen molar-refractivity contribution in [2.75, 3.05) is 20.1 Å². The van der Waals surface area contributed by atoms with Crippen LogP contribution in [0, 0.1) is 5.92 Å². The van der Waals surface area contributed by atoms with E-state index in [9.17, 15) is 4.79 Å². The molecule has 2 heterocycles. The standard InChI is InChI=1S/C13H21N3O/c1-13(2,3)11-5-6-12(17)16(14-11)9-10-7-15(4)8-10/h5-6,10H,7-9H2,1-4H3. The number of hydrogen-bond acceptors (Lipinski definition) is 3. The zero-order valence-electron chi connectivity index (χ0n) is 11.1. The monoisotopic (exact) mass is 235 g/mol. The molecule has 0 unspecified atom stereocenters. The Labute approximate surface area is 102 Å². The van der Waals surface area contributed by atoms with Crippen molar-refractivity contribution in [1.29, 1.82) is 0 Å². The lowest BCUT2D eigenvalue weighted by Crippen LogP contribution is -2.47. The summed E-state index contributed by atoms with van der Waals surface area (Å²) in [5.74, 6) is 0.570. The van der Waals surface area contributed by atoms with Crippen molar-refractivity contribution in [1.82, 2.24) is 14.7 Å². The topological polar surface area (TPSA) is 38.1 Å². The van der Waals surface area contributed by atoms with E-state index in [0.29, 0.717) is 5.92 Å². The van der Waals surface area contributed by atoms with Crippen LogP contribution in [-0.2, 0) is 12.0 Å². The number of hydrogen-bond donors (Lipinski definition) is 0. The first-order valence-corrected chi connectivity index (χ1v) is 6.13. The zero-order chi connectivity index (χ0) is 12.6. The molecule has 0 radical (unpaired) electrons. The molecule has 1 fully saturated rings. The molecule has 0 saturated carbocycles. The highest BCUT2D eigenvalue weighted by atomic mass is 16.1. The van der Waals surface area contributed by atoms with Crippen molar-refractivity contribution in [3.63, 3.8) is 0 Å². The summed E-state index contributed by atoms with van der Waals surface area (Å²) in [7, 11) is 2.10. The van der Waals surface area contributed by atoms with Gasteiger partial charge in [0.2, 0.25) is 0 Å². The molecule has 1 aromatic rings.